The van der Waals surface area contributed by atoms with Gasteiger partial charge in [0.15, 0.2) is 0 Å². The Morgan fingerprint density at radius 2 is 2.00 bits per heavy atom. The Hall–Kier alpha value is -2.18. The topological polar surface area (TPSA) is 105 Å². The molecule has 4 atom stereocenters. The highest BCUT2D eigenvalue weighted by atomic mass is 16.4. The standard InChI is InChI=1S/C12H13N3O4/c1-5-14-15-12(19-5)13-10(16)8-6-2-3-7(4-6)9(8)11(17)18/h2-3,6-9H,4H2,1H3,(H,17,18)(H,13,15,16)/t6?,7?,8-,9+/m0/s1. The van der Waals surface area contributed by atoms with E-state index in [0.29, 0.717) is 5.89 Å². The minimum absolute atomic E-state index is 0.0124. The van der Waals surface area contributed by atoms with Crippen molar-refractivity contribution in [3.05, 3.63) is 18.0 Å². The molecular formula is C12H13N3O4. The Morgan fingerprint density at radius 3 is 2.58 bits per heavy atom. The zero-order valence-electron chi connectivity index (χ0n) is 10.2. The van der Waals surface area contributed by atoms with Crippen molar-refractivity contribution >= 4 is 17.9 Å². The highest BCUT2D eigenvalue weighted by Crippen LogP contribution is 2.48. The number of carbonyl (C=O) groups excluding carboxylic acids is 1. The molecule has 0 radical (unpaired) electrons. The van der Waals surface area contributed by atoms with Gasteiger partial charge in [-0.3, -0.25) is 14.9 Å². The van der Waals surface area contributed by atoms with Crippen molar-refractivity contribution in [2.75, 3.05) is 5.32 Å². The van der Waals surface area contributed by atoms with Crippen LogP contribution in [0.1, 0.15) is 12.3 Å². The molecule has 1 amide bonds. The van der Waals surface area contributed by atoms with E-state index < -0.39 is 17.8 Å². The predicted molar refractivity (Wildman–Crippen MR) is 63.0 cm³/mol. The van der Waals surface area contributed by atoms with E-state index in [1.807, 2.05) is 12.2 Å². The molecule has 0 aliphatic heterocycles. The number of hydrogen-bond donors (Lipinski definition) is 2. The van der Waals surface area contributed by atoms with Crippen molar-refractivity contribution in [2.45, 2.75) is 13.3 Å². The van der Waals surface area contributed by atoms with Crippen LogP contribution in [0, 0.1) is 30.6 Å². The zero-order valence-corrected chi connectivity index (χ0v) is 10.2. The molecule has 2 aliphatic rings. The van der Waals surface area contributed by atoms with E-state index in [9.17, 15) is 14.7 Å². The number of rotatable bonds is 3. The van der Waals surface area contributed by atoms with Gasteiger partial charge in [-0.25, -0.2) is 0 Å². The lowest BCUT2D eigenvalue weighted by Crippen LogP contribution is -2.36. The molecule has 2 unspecified atom stereocenters. The fraction of sp³-hybridized carbons (Fsp3) is 0.500. The lowest BCUT2D eigenvalue weighted by atomic mass is 9.82. The van der Waals surface area contributed by atoms with E-state index in [1.54, 1.807) is 6.92 Å². The minimum atomic E-state index is -0.932. The van der Waals surface area contributed by atoms with Crippen LogP contribution in [0.4, 0.5) is 6.01 Å². The first kappa shape index (κ1) is 11.9. The van der Waals surface area contributed by atoms with Gasteiger partial charge in [-0.2, -0.15) is 0 Å². The maximum Gasteiger partial charge on any atom is 0.322 e. The number of aromatic nitrogens is 2. The molecule has 2 aliphatic carbocycles. The van der Waals surface area contributed by atoms with Crippen LogP contribution in [0.15, 0.2) is 16.6 Å². The van der Waals surface area contributed by atoms with Crippen LogP contribution < -0.4 is 5.32 Å². The molecule has 1 heterocycles. The number of nitrogens with zero attached hydrogens (tertiary/aromatic N) is 2. The third kappa shape index (κ3) is 1.91. The van der Waals surface area contributed by atoms with Crippen molar-refractivity contribution in [3.63, 3.8) is 0 Å². The van der Waals surface area contributed by atoms with Crippen molar-refractivity contribution < 1.29 is 19.1 Å². The SMILES string of the molecule is Cc1nnc(NC(=O)[C@H]2C3C=CC(C3)[C@H]2C(=O)O)o1. The van der Waals surface area contributed by atoms with Crippen LogP contribution >= 0.6 is 0 Å². The lowest BCUT2D eigenvalue weighted by molar-refractivity contribution is -0.146. The number of hydrogen-bond acceptors (Lipinski definition) is 5. The van der Waals surface area contributed by atoms with Gasteiger partial charge >= 0.3 is 12.0 Å². The molecule has 0 aromatic carbocycles. The second-order valence-electron chi connectivity index (χ2n) is 4.95. The molecule has 7 heteroatoms. The summed E-state index contributed by atoms with van der Waals surface area (Å²) in [4.78, 5) is 23.5. The summed E-state index contributed by atoms with van der Waals surface area (Å²) >= 11 is 0. The smallest absolute Gasteiger partial charge is 0.322 e. The first-order chi connectivity index (χ1) is 9.06. The van der Waals surface area contributed by atoms with Crippen LogP contribution in [-0.2, 0) is 9.59 Å². The summed E-state index contributed by atoms with van der Waals surface area (Å²) in [5, 5.41) is 19.0. The summed E-state index contributed by atoms with van der Waals surface area (Å²) in [5.41, 5.74) is 0. The molecule has 1 fully saturated rings. The molecule has 2 bridgehead atoms. The maximum absolute atomic E-state index is 12.2. The predicted octanol–water partition coefficient (Wildman–Crippen LogP) is 0.839. The summed E-state index contributed by atoms with van der Waals surface area (Å²) < 4.78 is 5.07. The highest BCUT2D eigenvalue weighted by molar-refractivity contribution is 5.94. The quantitative estimate of drug-likeness (QED) is 0.783. The molecular weight excluding hydrogens is 250 g/mol. The second kappa shape index (κ2) is 4.18. The zero-order chi connectivity index (χ0) is 13.6. The summed E-state index contributed by atoms with van der Waals surface area (Å²) in [6.45, 7) is 1.61. The summed E-state index contributed by atoms with van der Waals surface area (Å²) in [6, 6.07) is 0.0124. The van der Waals surface area contributed by atoms with E-state index in [-0.39, 0.29) is 23.8 Å². The number of carboxylic acid groups (broad SMARTS) is 1. The summed E-state index contributed by atoms with van der Waals surface area (Å²) in [7, 11) is 0. The Bertz CT molecular complexity index is 565. The van der Waals surface area contributed by atoms with Gasteiger partial charge < -0.3 is 9.52 Å². The van der Waals surface area contributed by atoms with E-state index in [0.717, 1.165) is 6.42 Å². The molecule has 1 aromatic rings. The van der Waals surface area contributed by atoms with Gasteiger partial charge in [-0.1, -0.05) is 17.3 Å². The first-order valence-corrected chi connectivity index (χ1v) is 6.08. The van der Waals surface area contributed by atoms with Gasteiger partial charge in [0.25, 0.3) is 0 Å². The number of aryl methyl sites for hydroxylation is 1. The molecule has 3 rings (SSSR count). The van der Waals surface area contributed by atoms with Gasteiger partial charge in [0, 0.05) is 6.92 Å². The number of fused-ring (bicyclic) bond motifs is 2. The molecule has 19 heavy (non-hydrogen) atoms. The molecule has 2 N–H and O–H groups in total. The Morgan fingerprint density at radius 1 is 1.32 bits per heavy atom. The van der Waals surface area contributed by atoms with E-state index >= 15 is 0 Å². The third-order valence-corrected chi connectivity index (χ3v) is 3.80. The third-order valence-electron chi connectivity index (χ3n) is 3.80. The average Bonchev–Trinajstić information content (AvgIpc) is 3.03. The second-order valence-corrected chi connectivity index (χ2v) is 4.95. The maximum atomic E-state index is 12.2. The van der Waals surface area contributed by atoms with Crippen LogP contribution in [0.25, 0.3) is 0 Å². The Labute approximate surface area is 108 Å². The highest BCUT2D eigenvalue weighted by Gasteiger charge is 2.51. The van der Waals surface area contributed by atoms with Crippen LogP contribution in [0.2, 0.25) is 0 Å². The molecule has 100 valence electrons. The Kier molecular flexibility index (Phi) is 2.62. The molecule has 1 saturated carbocycles. The van der Waals surface area contributed by atoms with Gasteiger partial charge in [0.05, 0.1) is 11.8 Å². The molecule has 7 nitrogen and oxygen atoms in total. The number of aliphatic carboxylic acids is 1. The largest absolute Gasteiger partial charge is 0.481 e. The van der Waals surface area contributed by atoms with Crippen molar-refractivity contribution in [3.8, 4) is 0 Å². The van der Waals surface area contributed by atoms with Gasteiger partial charge in [-0.05, 0) is 18.3 Å². The monoisotopic (exact) mass is 263 g/mol. The van der Waals surface area contributed by atoms with Crippen molar-refractivity contribution in [1.82, 2.24) is 10.2 Å². The fourth-order valence-electron chi connectivity index (χ4n) is 3.05. The minimum Gasteiger partial charge on any atom is -0.481 e. The van der Waals surface area contributed by atoms with E-state index in [4.69, 9.17) is 4.42 Å². The number of carboxylic acids is 1. The lowest BCUT2D eigenvalue weighted by Gasteiger charge is -2.22. The van der Waals surface area contributed by atoms with E-state index in [2.05, 4.69) is 15.5 Å². The number of nitrogens with one attached hydrogen (secondary N) is 1. The van der Waals surface area contributed by atoms with Crippen LogP contribution in [0.5, 0.6) is 0 Å². The first-order valence-electron chi connectivity index (χ1n) is 6.08. The van der Waals surface area contributed by atoms with Gasteiger partial charge in [-0.15, -0.1) is 5.10 Å². The van der Waals surface area contributed by atoms with E-state index in [1.165, 1.54) is 0 Å². The average molecular weight is 263 g/mol. The molecule has 1 aromatic heterocycles. The van der Waals surface area contributed by atoms with Gasteiger partial charge in [0.2, 0.25) is 11.8 Å². The van der Waals surface area contributed by atoms with Crippen LogP contribution in [0.3, 0.4) is 0 Å². The summed E-state index contributed by atoms with van der Waals surface area (Å²) in [6.07, 6.45) is 4.54. The van der Waals surface area contributed by atoms with Crippen LogP contribution in [-0.4, -0.2) is 27.2 Å². The number of allylic oxidation sites excluding steroid dienone is 2. The normalized spacial score (nSPS) is 31.6. The summed E-state index contributed by atoms with van der Waals surface area (Å²) in [5.74, 6) is -2.26. The Balaban J connectivity index is 1.79. The number of anilines is 1. The molecule has 0 saturated heterocycles. The van der Waals surface area contributed by atoms with Crippen molar-refractivity contribution in [2.24, 2.45) is 23.7 Å². The number of amides is 1. The fourth-order valence-corrected chi connectivity index (χ4v) is 3.05. The number of carbonyl (C=O) groups is 2. The molecule has 0 spiro atoms. The van der Waals surface area contributed by atoms with Crippen molar-refractivity contribution in [1.29, 1.82) is 0 Å². The van der Waals surface area contributed by atoms with Gasteiger partial charge in [0.1, 0.15) is 0 Å².